The van der Waals surface area contributed by atoms with Gasteiger partial charge in [0.2, 0.25) is 10.0 Å². The lowest BCUT2D eigenvalue weighted by Gasteiger charge is -2.29. The number of nitrogens with one attached hydrogen (secondary N) is 1. The van der Waals surface area contributed by atoms with E-state index in [2.05, 4.69) is 12.2 Å². The molecule has 0 spiro atoms. The van der Waals surface area contributed by atoms with Crippen LogP contribution in [-0.2, 0) is 14.8 Å². The standard InChI is InChI=1S/C19H28N2O5S/c1-13(2)12-17(19(23)24)20-18(22)15-4-6-16(7-5-15)27(25,26)21-10-8-14(3)9-11-21/h4-7,13-14,17H,8-12H2,1-3H3,(H,20,22)(H,23,24). The van der Waals surface area contributed by atoms with E-state index >= 15 is 0 Å². The summed E-state index contributed by atoms with van der Waals surface area (Å²) in [6.45, 7) is 6.87. The van der Waals surface area contributed by atoms with Crippen molar-refractivity contribution in [2.75, 3.05) is 13.1 Å². The van der Waals surface area contributed by atoms with Crippen molar-refractivity contribution in [1.82, 2.24) is 9.62 Å². The number of nitrogens with zero attached hydrogens (tertiary/aromatic N) is 1. The first-order chi connectivity index (χ1) is 12.6. The van der Waals surface area contributed by atoms with Gasteiger partial charge in [0.15, 0.2) is 0 Å². The predicted molar refractivity (Wildman–Crippen MR) is 102 cm³/mol. The quantitative estimate of drug-likeness (QED) is 0.736. The molecule has 1 heterocycles. The van der Waals surface area contributed by atoms with Crippen LogP contribution in [0.2, 0.25) is 0 Å². The molecule has 1 saturated heterocycles. The van der Waals surface area contributed by atoms with Crippen molar-refractivity contribution in [1.29, 1.82) is 0 Å². The van der Waals surface area contributed by atoms with E-state index in [0.29, 0.717) is 25.4 Å². The summed E-state index contributed by atoms with van der Waals surface area (Å²) in [6.07, 6.45) is 2.00. The highest BCUT2D eigenvalue weighted by atomic mass is 32.2. The molecule has 1 amide bonds. The van der Waals surface area contributed by atoms with Crippen molar-refractivity contribution in [3.8, 4) is 0 Å². The first-order valence-corrected chi connectivity index (χ1v) is 10.7. The SMILES string of the molecule is CC(C)CC(NC(=O)c1ccc(S(=O)(=O)N2CCC(C)CC2)cc1)C(=O)O. The molecule has 1 fully saturated rings. The third kappa shape index (κ3) is 5.52. The zero-order valence-corrected chi connectivity index (χ0v) is 16.8. The Hall–Kier alpha value is -1.93. The van der Waals surface area contributed by atoms with Gasteiger partial charge in [-0.2, -0.15) is 4.31 Å². The average Bonchev–Trinajstić information content (AvgIpc) is 2.61. The number of carbonyl (C=O) groups excluding carboxylic acids is 1. The molecule has 7 nitrogen and oxygen atoms in total. The van der Waals surface area contributed by atoms with Crippen molar-refractivity contribution in [3.63, 3.8) is 0 Å². The minimum atomic E-state index is -3.57. The lowest BCUT2D eigenvalue weighted by molar-refractivity contribution is -0.139. The summed E-state index contributed by atoms with van der Waals surface area (Å²) in [6, 6.07) is 4.67. The Morgan fingerprint density at radius 2 is 1.74 bits per heavy atom. The van der Waals surface area contributed by atoms with Crippen LogP contribution in [0, 0.1) is 11.8 Å². The van der Waals surface area contributed by atoms with E-state index in [4.69, 9.17) is 0 Å². The maximum absolute atomic E-state index is 12.7. The summed E-state index contributed by atoms with van der Waals surface area (Å²) in [5.74, 6) is -0.976. The summed E-state index contributed by atoms with van der Waals surface area (Å²) in [5.41, 5.74) is 0.233. The van der Waals surface area contributed by atoms with Crippen LogP contribution in [0.25, 0.3) is 0 Å². The van der Waals surface area contributed by atoms with Crippen LogP contribution in [0.1, 0.15) is 50.4 Å². The van der Waals surface area contributed by atoms with Gasteiger partial charge in [-0.25, -0.2) is 13.2 Å². The highest BCUT2D eigenvalue weighted by Crippen LogP contribution is 2.23. The van der Waals surface area contributed by atoms with E-state index in [9.17, 15) is 23.1 Å². The second kappa shape index (κ2) is 8.84. The summed E-state index contributed by atoms with van der Waals surface area (Å²) in [7, 11) is -3.57. The molecule has 0 bridgehead atoms. The normalized spacial score (nSPS) is 17.6. The van der Waals surface area contributed by atoms with Crippen LogP contribution in [0.5, 0.6) is 0 Å². The van der Waals surface area contributed by atoms with Gasteiger partial charge in [0.1, 0.15) is 6.04 Å². The average molecular weight is 397 g/mol. The van der Waals surface area contributed by atoms with Gasteiger partial charge in [-0.05, 0) is 55.4 Å². The number of piperidine rings is 1. The minimum absolute atomic E-state index is 0.117. The van der Waals surface area contributed by atoms with Crippen LogP contribution in [-0.4, -0.2) is 48.8 Å². The molecule has 0 saturated carbocycles. The zero-order chi connectivity index (χ0) is 20.2. The molecule has 27 heavy (non-hydrogen) atoms. The first kappa shape index (κ1) is 21.4. The fourth-order valence-corrected chi connectivity index (χ4v) is 4.56. The summed E-state index contributed by atoms with van der Waals surface area (Å²) < 4.78 is 26.9. The van der Waals surface area contributed by atoms with Gasteiger partial charge in [0.05, 0.1) is 4.90 Å². The lowest BCUT2D eigenvalue weighted by atomic mass is 10.0. The Labute approximate surface area is 160 Å². The number of carboxylic acids is 1. The highest BCUT2D eigenvalue weighted by molar-refractivity contribution is 7.89. The molecular formula is C19H28N2O5S. The molecular weight excluding hydrogens is 368 g/mol. The number of sulfonamides is 1. The van der Waals surface area contributed by atoms with E-state index in [-0.39, 0.29) is 16.4 Å². The number of aliphatic carboxylic acids is 1. The number of hydrogen-bond donors (Lipinski definition) is 2. The Morgan fingerprint density at radius 1 is 1.19 bits per heavy atom. The van der Waals surface area contributed by atoms with Gasteiger partial charge in [-0.15, -0.1) is 0 Å². The molecule has 1 aromatic rings. The van der Waals surface area contributed by atoms with Gasteiger partial charge >= 0.3 is 5.97 Å². The maximum atomic E-state index is 12.7. The number of amides is 1. The first-order valence-electron chi connectivity index (χ1n) is 9.25. The Balaban J connectivity index is 2.09. The highest BCUT2D eigenvalue weighted by Gasteiger charge is 2.28. The van der Waals surface area contributed by atoms with Crippen LogP contribution < -0.4 is 5.32 Å². The second-order valence-electron chi connectivity index (χ2n) is 7.60. The van der Waals surface area contributed by atoms with Crippen LogP contribution in [0.4, 0.5) is 0 Å². The minimum Gasteiger partial charge on any atom is -0.480 e. The molecule has 2 rings (SSSR count). The fourth-order valence-electron chi connectivity index (χ4n) is 3.09. The van der Waals surface area contributed by atoms with Gasteiger partial charge < -0.3 is 10.4 Å². The number of benzene rings is 1. The molecule has 1 aromatic carbocycles. The maximum Gasteiger partial charge on any atom is 0.326 e. The van der Waals surface area contributed by atoms with Crippen LogP contribution in [0.3, 0.4) is 0 Å². The summed E-state index contributed by atoms with van der Waals surface area (Å²) in [4.78, 5) is 23.7. The Kier molecular flexibility index (Phi) is 7.00. The Bertz CT molecular complexity index is 766. The second-order valence-corrected chi connectivity index (χ2v) is 9.54. The van der Waals surface area contributed by atoms with Crippen molar-refractivity contribution in [3.05, 3.63) is 29.8 Å². The molecule has 1 aliphatic rings. The van der Waals surface area contributed by atoms with Gasteiger partial charge in [-0.1, -0.05) is 20.8 Å². The molecule has 1 unspecified atom stereocenters. The molecule has 1 aliphatic heterocycles. The third-order valence-electron chi connectivity index (χ3n) is 4.81. The molecule has 0 aromatic heterocycles. The van der Waals surface area contributed by atoms with Crippen molar-refractivity contribution >= 4 is 21.9 Å². The van der Waals surface area contributed by atoms with Crippen LogP contribution >= 0.6 is 0 Å². The summed E-state index contributed by atoms with van der Waals surface area (Å²) in [5, 5.41) is 11.7. The largest absolute Gasteiger partial charge is 0.480 e. The van der Waals surface area contributed by atoms with E-state index in [1.165, 1.54) is 28.6 Å². The predicted octanol–water partition coefficient (Wildman–Crippen LogP) is 2.34. The molecule has 0 aliphatic carbocycles. The van der Waals surface area contributed by atoms with E-state index in [0.717, 1.165) is 12.8 Å². The van der Waals surface area contributed by atoms with E-state index in [1.807, 2.05) is 13.8 Å². The van der Waals surface area contributed by atoms with Gasteiger partial charge in [0.25, 0.3) is 5.91 Å². The fraction of sp³-hybridized carbons (Fsp3) is 0.579. The number of rotatable bonds is 7. The number of hydrogen-bond acceptors (Lipinski definition) is 4. The number of carbonyl (C=O) groups is 2. The molecule has 0 radical (unpaired) electrons. The topological polar surface area (TPSA) is 104 Å². The molecule has 1 atom stereocenters. The van der Waals surface area contributed by atoms with E-state index < -0.39 is 27.9 Å². The monoisotopic (exact) mass is 396 g/mol. The van der Waals surface area contributed by atoms with E-state index in [1.54, 1.807) is 0 Å². The van der Waals surface area contributed by atoms with Crippen molar-refractivity contribution in [2.24, 2.45) is 11.8 Å². The molecule has 8 heteroatoms. The van der Waals surface area contributed by atoms with Gasteiger partial charge in [0, 0.05) is 18.7 Å². The smallest absolute Gasteiger partial charge is 0.326 e. The third-order valence-corrected chi connectivity index (χ3v) is 6.72. The Morgan fingerprint density at radius 3 is 2.22 bits per heavy atom. The lowest BCUT2D eigenvalue weighted by Crippen LogP contribution is -2.41. The van der Waals surface area contributed by atoms with Gasteiger partial charge in [-0.3, -0.25) is 4.79 Å². The van der Waals surface area contributed by atoms with Crippen molar-refractivity contribution in [2.45, 2.75) is 51.0 Å². The molecule has 2 N–H and O–H groups in total. The number of carboxylic acid groups (broad SMARTS) is 1. The zero-order valence-electron chi connectivity index (χ0n) is 16.0. The summed E-state index contributed by atoms with van der Waals surface area (Å²) >= 11 is 0. The van der Waals surface area contributed by atoms with Crippen LogP contribution in [0.15, 0.2) is 29.2 Å². The molecule has 150 valence electrons. The van der Waals surface area contributed by atoms with Crippen molar-refractivity contribution < 1.29 is 23.1 Å².